The molecule has 1 nitrogen and oxygen atoms in total. The molecule has 0 spiro atoms. The standard InChI is InChI=1S/C32H28O/c1-30(23-29(25-15-7-3-8-16-25)26-17-9-4-10-18-26)31(2,24-33)32(30,27-19-11-5-12-20-27)28-21-13-6-14-22-28/h3-24H,1-2H3/t30-,31-/m1/s1. The molecular weight excluding hydrogens is 400 g/mol. The predicted octanol–water partition coefficient (Wildman–Crippen LogP) is 7.33. The number of aldehydes is 1. The van der Waals surface area contributed by atoms with Gasteiger partial charge < -0.3 is 4.79 Å². The smallest absolute Gasteiger partial charge is 0.128 e. The second-order valence-corrected chi connectivity index (χ2v) is 9.29. The molecule has 0 N–H and O–H groups in total. The molecule has 0 aromatic heterocycles. The number of carbonyl (C=O) groups is 1. The zero-order valence-corrected chi connectivity index (χ0v) is 19.1. The molecule has 33 heavy (non-hydrogen) atoms. The third-order valence-corrected chi connectivity index (χ3v) is 7.83. The number of hydrogen-bond donors (Lipinski definition) is 0. The minimum Gasteiger partial charge on any atom is -0.303 e. The molecule has 1 aliphatic rings. The van der Waals surface area contributed by atoms with Crippen molar-refractivity contribution in [3.63, 3.8) is 0 Å². The number of rotatable bonds is 6. The summed E-state index contributed by atoms with van der Waals surface area (Å²) in [5, 5.41) is 0. The first-order valence-electron chi connectivity index (χ1n) is 11.5. The van der Waals surface area contributed by atoms with E-state index in [1.165, 1.54) is 17.4 Å². The summed E-state index contributed by atoms with van der Waals surface area (Å²) >= 11 is 0. The van der Waals surface area contributed by atoms with Crippen molar-refractivity contribution < 1.29 is 4.79 Å². The number of hydrogen-bond acceptors (Lipinski definition) is 1. The maximum atomic E-state index is 12.9. The molecule has 0 unspecified atom stereocenters. The van der Waals surface area contributed by atoms with E-state index in [1.807, 2.05) is 24.3 Å². The van der Waals surface area contributed by atoms with E-state index in [9.17, 15) is 4.79 Å². The third kappa shape index (κ3) is 2.96. The highest BCUT2D eigenvalue weighted by atomic mass is 16.1. The molecule has 0 amide bonds. The van der Waals surface area contributed by atoms with Crippen molar-refractivity contribution in [2.45, 2.75) is 19.3 Å². The predicted molar refractivity (Wildman–Crippen MR) is 136 cm³/mol. The summed E-state index contributed by atoms with van der Waals surface area (Å²) < 4.78 is 0. The van der Waals surface area contributed by atoms with Gasteiger partial charge in [-0.1, -0.05) is 141 Å². The van der Waals surface area contributed by atoms with Crippen LogP contribution in [0.25, 0.3) is 5.57 Å². The second kappa shape index (κ2) is 8.01. The molecule has 1 saturated carbocycles. The molecule has 0 radical (unpaired) electrons. The van der Waals surface area contributed by atoms with Gasteiger partial charge in [0.2, 0.25) is 0 Å². The fourth-order valence-electron chi connectivity index (χ4n) is 6.03. The minimum absolute atomic E-state index is 0.425. The Morgan fingerprint density at radius 3 is 1.27 bits per heavy atom. The van der Waals surface area contributed by atoms with Crippen molar-refractivity contribution in [2.24, 2.45) is 10.8 Å². The Morgan fingerprint density at radius 1 is 0.545 bits per heavy atom. The van der Waals surface area contributed by atoms with E-state index in [1.54, 1.807) is 0 Å². The Balaban J connectivity index is 1.81. The second-order valence-electron chi connectivity index (χ2n) is 9.29. The van der Waals surface area contributed by atoms with Gasteiger partial charge in [0.1, 0.15) is 6.29 Å². The summed E-state index contributed by atoms with van der Waals surface area (Å²) in [5.74, 6) is 0. The van der Waals surface area contributed by atoms with Gasteiger partial charge >= 0.3 is 0 Å². The van der Waals surface area contributed by atoms with Gasteiger partial charge in [0.05, 0.1) is 0 Å². The van der Waals surface area contributed by atoms with E-state index >= 15 is 0 Å². The van der Waals surface area contributed by atoms with Crippen LogP contribution in [0, 0.1) is 10.8 Å². The highest BCUT2D eigenvalue weighted by molar-refractivity contribution is 5.86. The monoisotopic (exact) mass is 428 g/mol. The first-order valence-corrected chi connectivity index (χ1v) is 11.5. The van der Waals surface area contributed by atoms with Crippen molar-refractivity contribution >= 4 is 11.9 Å². The van der Waals surface area contributed by atoms with Crippen molar-refractivity contribution in [1.82, 2.24) is 0 Å². The highest BCUT2D eigenvalue weighted by Gasteiger charge is 2.82. The zero-order chi connectivity index (χ0) is 22.9. The first kappa shape index (κ1) is 21.2. The topological polar surface area (TPSA) is 17.1 Å². The lowest BCUT2D eigenvalue weighted by Gasteiger charge is -2.24. The van der Waals surface area contributed by atoms with Crippen LogP contribution in [0.4, 0.5) is 0 Å². The molecule has 5 rings (SSSR count). The van der Waals surface area contributed by atoms with Crippen LogP contribution >= 0.6 is 0 Å². The molecule has 0 aliphatic heterocycles. The molecule has 0 bridgehead atoms. The van der Waals surface area contributed by atoms with Crippen molar-refractivity contribution in [3.05, 3.63) is 150 Å². The van der Waals surface area contributed by atoms with E-state index < -0.39 is 16.2 Å². The molecule has 1 fully saturated rings. The zero-order valence-electron chi connectivity index (χ0n) is 19.1. The fourth-order valence-corrected chi connectivity index (χ4v) is 6.03. The SMILES string of the molecule is C[C@]1(C=O)C(c2ccccc2)(c2ccccc2)[C@]1(C)C=C(c1ccccc1)c1ccccc1. The van der Waals surface area contributed by atoms with Gasteiger partial charge in [0.15, 0.2) is 0 Å². The molecule has 0 heterocycles. The van der Waals surface area contributed by atoms with E-state index in [0.29, 0.717) is 0 Å². The molecule has 4 aromatic rings. The van der Waals surface area contributed by atoms with Crippen LogP contribution in [-0.4, -0.2) is 6.29 Å². The van der Waals surface area contributed by atoms with Crippen LogP contribution in [0.2, 0.25) is 0 Å². The van der Waals surface area contributed by atoms with Gasteiger partial charge in [-0.05, 0) is 27.8 Å². The molecule has 4 aromatic carbocycles. The summed E-state index contributed by atoms with van der Waals surface area (Å²) in [4.78, 5) is 12.9. The lowest BCUT2D eigenvalue weighted by molar-refractivity contribution is -0.112. The maximum Gasteiger partial charge on any atom is 0.128 e. The highest BCUT2D eigenvalue weighted by Crippen LogP contribution is 2.81. The van der Waals surface area contributed by atoms with Crippen LogP contribution in [0.5, 0.6) is 0 Å². The summed E-state index contributed by atoms with van der Waals surface area (Å²) in [5.41, 5.74) is 4.32. The van der Waals surface area contributed by atoms with Crippen LogP contribution in [0.3, 0.4) is 0 Å². The molecule has 1 aliphatic carbocycles. The van der Waals surface area contributed by atoms with Gasteiger partial charge in [0, 0.05) is 16.2 Å². The normalized spacial score (nSPS) is 22.8. The Bertz CT molecular complexity index is 1190. The molecule has 2 atom stereocenters. The summed E-state index contributed by atoms with van der Waals surface area (Å²) in [6.07, 6.45) is 3.53. The Morgan fingerprint density at radius 2 is 0.909 bits per heavy atom. The van der Waals surface area contributed by atoms with Crippen LogP contribution in [0.1, 0.15) is 36.1 Å². The van der Waals surface area contributed by atoms with Crippen LogP contribution in [-0.2, 0) is 10.2 Å². The molecule has 162 valence electrons. The fraction of sp³-hybridized carbons (Fsp3) is 0.156. The minimum atomic E-state index is -0.600. The Hall–Kier alpha value is -3.71. The Kier molecular flexibility index (Phi) is 5.13. The lowest BCUT2D eigenvalue weighted by Crippen LogP contribution is -2.20. The quantitative estimate of drug-likeness (QED) is 0.294. The largest absolute Gasteiger partial charge is 0.303 e. The van der Waals surface area contributed by atoms with E-state index in [4.69, 9.17) is 0 Å². The van der Waals surface area contributed by atoms with Gasteiger partial charge in [-0.3, -0.25) is 0 Å². The number of allylic oxidation sites excluding steroid dienone is 1. The van der Waals surface area contributed by atoms with E-state index in [-0.39, 0.29) is 0 Å². The van der Waals surface area contributed by atoms with E-state index in [2.05, 4.69) is 117 Å². The average Bonchev–Trinajstić information content (AvgIpc) is 3.34. The van der Waals surface area contributed by atoms with Gasteiger partial charge in [-0.2, -0.15) is 0 Å². The first-order chi connectivity index (χ1) is 16.1. The van der Waals surface area contributed by atoms with Crippen LogP contribution < -0.4 is 0 Å². The van der Waals surface area contributed by atoms with Crippen molar-refractivity contribution in [2.75, 3.05) is 0 Å². The number of benzene rings is 4. The van der Waals surface area contributed by atoms with Crippen molar-refractivity contribution in [1.29, 1.82) is 0 Å². The Labute approximate surface area is 196 Å². The third-order valence-electron chi connectivity index (χ3n) is 7.83. The molecular formula is C32H28O. The molecule has 1 heteroatoms. The van der Waals surface area contributed by atoms with Gasteiger partial charge in [0.25, 0.3) is 0 Å². The number of carbonyl (C=O) groups excluding carboxylic acids is 1. The van der Waals surface area contributed by atoms with Crippen molar-refractivity contribution in [3.8, 4) is 0 Å². The summed E-state index contributed by atoms with van der Waals surface area (Å²) in [7, 11) is 0. The van der Waals surface area contributed by atoms with Gasteiger partial charge in [-0.15, -0.1) is 0 Å². The lowest BCUT2D eigenvalue weighted by atomic mass is 9.78. The summed E-state index contributed by atoms with van der Waals surface area (Å²) in [6, 6.07) is 42.0. The van der Waals surface area contributed by atoms with E-state index in [0.717, 1.165) is 16.7 Å². The average molecular weight is 429 g/mol. The molecule has 0 saturated heterocycles. The maximum absolute atomic E-state index is 12.9. The van der Waals surface area contributed by atoms with Gasteiger partial charge in [-0.25, -0.2) is 0 Å². The summed E-state index contributed by atoms with van der Waals surface area (Å²) in [6.45, 7) is 4.36. The van der Waals surface area contributed by atoms with Crippen LogP contribution in [0.15, 0.2) is 127 Å².